The van der Waals surface area contributed by atoms with E-state index in [9.17, 15) is 4.79 Å². The average molecular weight is 335 g/mol. The number of nitrogens with zero attached hydrogens (tertiary/aromatic N) is 1. The number of thiazole rings is 1. The lowest BCUT2D eigenvalue weighted by molar-refractivity contribution is -0.117. The van der Waals surface area contributed by atoms with Crippen molar-refractivity contribution in [2.45, 2.75) is 19.4 Å². The van der Waals surface area contributed by atoms with Crippen LogP contribution in [0.2, 0.25) is 0 Å². The van der Waals surface area contributed by atoms with Crippen molar-refractivity contribution in [1.29, 1.82) is 0 Å². The van der Waals surface area contributed by atoms with Crippen molar-refractivity contribution < 1.29 is 14.3 Å². The predicted molar refractivity (Wildman–Crippen MR) is 91.5 cm³/mol. The molecule has 1 aromatic heterocycles. The average Bonchev–Trinajstić information content (AvgIpc) is 3.07. The molecule has 0 unspecified atom stereocenters. The second-order valence-corrected chi connectivity index (χ2v) is 5.87. The summed E-state index contributed by atoms with van der Waals surface area (Å²) in [6.45, 7) is 2.50. The van der Waals surface area contributed by atoms with Crippen LogP contribution in [-0.4, -0.2) is 37.7 Å². The zero-order valence-electron chi connectivity index (χ0n) is 13.5. The van der Waals surface area contributed by atoms with E-state index in [4.69, 9.17) is 9.47 Å². The SMILES string of the molecule is COc1cc(CCN[C@H](C)C(=O)Nc2nccs2)cc(OC)c1. The molecule has 0 fully saturated rings. The zero-order chi connectivity index (χ0) is 16.7. The molecule has 0 spiro atoms. The van der Waals surface area contributed by atoms with E-state index in [1.165, 1.54) is 11.3 Å². The van der Waals surface area contributed by atoms with Gasteiger partial charge in [0.15, 0.2) is 5.13 Å². The number of amides is 1. The molecule has 0 aliphatic carbocycles. The number of carbonyl (C=O) groups excluding carboxylic acids is 1. The lowest BCUT2D eigenvalue weighted by Crippen LogP contribution is -2.39. The quantitative estimate of drug-likeness (QED) is 0.774. The van der Waals surface area contributed by atoms with E-state index < -0.39 is 0 Å². The van der Waals surface area contributed by atoms with Gasteiger partial charge in [-0.05, 0) is 37.6 Å². The highest BCUT2D eigenvalue weighted by Crippen LogP contribution is 2.22. The van der Waals surface area contributed by atoms with Crippen molar-refractivity contribution in [1.82, 2.24) is 10.3 Å². The Balaban J connectivity index is 1.83. The van der Waals surface area contributed by atoms with E-state index in [0.717, 1.165) is 23.5 Å². The first kappa shape index (κ1) is 17.2. The smallest absolute Gasteiger partial charge is 0.243 e. The lowest BCUT2D eigenvalue weighted by Gasteiger charge is -2.13. The van der Waals surface area contributed by atoms with Gasteiger partial charge in [0, 0.05) is 17.6 Å². The van der Waals surface area contributed by atoms with Gasteiger partial charge in [0.1, 0.15) is 11.5 Å². The van der Waals surface area contributed by atoms with Crippen LogP contribution in [0.5, 0.6) is 11.5 Å². The second kappa shape index (κ2) is 8.50. The molecule has 2 rings (SSSR count). The number of aromatic nitrogens is 1. The van der Waals surface area contributed by atoms with Gasteiger partial charge in [0.25, 0.3) is 0 Å². The first-order chi connectivity index (χ1) is 11.1. The molecule has 0 bridgehead atoms. The van der Waals surface area contributed by atoms with Crippen LogP contribution in [0.1, 0.15) is 12.5 Å². The Morgan fingerprint density at radius 1 is 1.26 bits per heavy atom. The normalized spacial score (nSPS) is 11.8. The van der Waals surface area contributed by atoms with Crippen LogP contribution in [-0.2, 0) is 11.2 Å². The second-order valence-electron chi connectivity index (χ2n) is 4.97. The van der Waals surface area contributed by atoms with Crippen LogP contribution < -0.4 is 20.1 Å². The van der Waals surface area contributed by atoms with Crippen LogP contribution in [0, 0.1) is 0 Å². The fraction of sp³-hybridized carbons (Fsp3) is 0.375. The van der Waals surface area contributed by atoms with E-state index >= 15 is 0 Å². The molecule has 1 amide bonds. The number of anilines is 1. The maximum atomic E-state index is 12.0. The number of rotatable bonds is 8. The van der Waals surface area contributed by atoms with Gasteiger partial charge >= 0.3 is 0 Å². The van der Waals surface area contributed by atoms with Crippen molar-refractivity contribution in [2.75, 3.05) is 26.1 Å². The Morgan fingerprint density at radius 3 is 2.52 bits per heavy atom. The summed E-state index contributed by atoms with van der Waals surface area (Å²) in [5.74, 6) is 1.42. The van der Waals surface area contributed by atoms with Crippen LogP contribution in [0.3, 0.4) is 0 Å². The molecule has 0 aliphatic heterocycles. The molecule has 0 saturated carbocycles. The number of carbonyl (C=O) groups is 1. The summed E-state index contributed by atoms with van der Waals surface area (Å²) in [5, 5.41) is 8.41. The van der Waals surface area contributed by atoms with Gasteiger partial charge in [-0.2, -0.15) is 0 Å². The third-order valence-corrected chi connectivity index (χ3v) is 4.02. The minimum absolute atomic E-state index is 0.0943. The Kier molecular flexibility index (Phi) is 6.37. The fourth-order valence-corrected chi connectivity index (χ4v) is 2.57. The third-order valence-electron chi connectivity index (χ3n) is 3.33. The van der Waals surface area contributed by atoms with Crippen molar-refractivity contribution in [3.63, 3.8) is 0 Å². The molecule has 1 atom stereocenters. The number of hydrogen-bond donors (Lipinski definition) is 2. The number of nitrogens with one attached hydrogen (secondary N) is 2. The van der Waals surface area contributed by atoms with Gasteiger partial charge in [-0.1, -0.05) is 0 Å². The topological polar surface area (TPSA) is 72.5 Å². The molecule has 124 valence electrons. The van der Waals surface area contributed by atoms with E-state index in [-0.39, 0.29) is 11.9 Å². The Labute approximate surface area is 139 Å². The van der Waals surface area contributed by atoms with Crippen molar-refractivity contribution in [3.05, 3.63) is 35.3 Å². The monoisotopic (exact) mass is 335 g/mol. The Morgan fingerprint density at radius 2 is 1.96 bits per heavy atom. The summed E-state index contributed by atoms with van der Waals surface area (Å²) in [5.41, 5.74) is 1.08. The molecule has 7 heteroatoms. The highest BCUT2D eigenvalue weighted by atomic mass is 32.1. The van der Waals surface area contributed by atoms with Crippen LogP contribution >= 0.6 is 11.3 Å². The molecule has 6 nitrogen and oxygen atoms in total. The first-order valence-electron chi connectivity index (χ1n) is 7.28. The lowest BCUT2D eigenvalue weighted by atomic mass is 10.1. The van der Waals surface area contributed by atoms with Gasteiger partial charge in [0.2, 0.25) is 5.91 Å². The zero-order valence-corrected chi connectivity index (χ0v) is 14.3. The molecule has 0 aliphatic rings. The largest absolute Gasteiger partial charge is 0.497 e. The van der Waals surface area contributed by atoms with Gasteiger partial charge in [-0.15, -0.1) is 11.3 Å². The number of hydrogen-bond acceptors (Lipinski definition) is 6. The fourth-order valence-electron chi connectivity index (χ4n) is 2.04. The molecular weight excluding hydrogens is 314 g/mol. The molecule has 2 aromatic rings. The van der Waals surface area contributed by atoms with E-state index in [1.807, 2.05) is 30.5 Å². The van der Waals surface area contributed by atoms with Crippen LogP contribution in [0.15, 0.2) is 29.8 Å². The summed E-state index contributed by atoms with van der Waals surface area (Å²) in [7, 11) is 3.25. The van der Waals surface area contributed by atoms with E-state index in [1.54, 1.807) is 20.4 Å². The maximum Gasteiger partial charge on any atom is 0.243 e. The summed E-state index contributed by atoms with van der Waals surface area (Å²) in [6, 6.07) is 5.46. The van der Waals surface area contributed by atoms with Gasteiger partial charge in [0.05, 0.1) is 20.3 Å². The summed E-state index contributed by atoms with van der Waals surface area (Å²) < 4.78 is 10.5. The summed E-state index contributed by atoms with van der Waals surface area (Å²) in [4.78, 5) is 16.0. The molecule has 23 heavy (non-hydrogen) atoms. The molecule has 2 N–H and O–H groups in total. The summed E-state index contributed by atoms with van der Waals surface area (Å²) in [6.07, 6.45) is 2.43. The van der Waals surface area contributed by atoms with Crippen LogP contribution in [0.4, 0.5) is 5.13 Å². The first-order valence-corrected chi connectivity index (χ1v) is 8.16. The van der Waals surface area contributed by atoms with Gasteiger partial charge in [-0.25, -0.2) is 4.98 Å². The number of methoxy groups -OCH3 is 2. The maximum absolute atomic E-state index is 12.0. The van der Waals surface area contributed by atoms with Crippen LogP contribution in [0.25, 0.3) is 0 Å². The Hall–Kier alpha value is -2.12. The highest BCUT2D eigenvalue weighted by molar-refractivity contribution is 7.13. The van der Waals surface area contributed by atoms with Gasteiger partial charge in [-0.3, -0.25) is 4.79 Å². The standard InChI is InChI=1S/C16H21N3O3S/c1-11(15(20)19-16-18-6-7-23-16)17-5-4-12-8-13(21-2)10-14(9-12)22-3/h6-11,17H,4-5H2,1-3H3,(H,18,19,20)/t11-/m1/s1. The molecular formula is C16H21N3O3S. The highest BCUT2D eigenvalue weighted by Gasteiger charge is 2.13. The predicted octanol–water partition coefficient (Wildman–Crippen LogP) is 2.32. The van der Waals surface area contributed by atoms with E-state index in [2.05, 4.69) is 15.6 Å². The molecule has 1 heterocycles. The Bertz CT molecular complexity index is 609. The minimum atomic E-state index is -0.300. The minimum Gasteiger partial charge on any atom is -0.497 e. The molecule has 0 radical (unpaired) electrons. The summed E-state index contributed by atoms with van der Waals surface area (Å²) >= 11 is 1.40. The van der Waals surface area contributed by atoms with E-state index in [0.29, 0.717) is 11.7 Å². The van der Waals surface area contributed by atoms with Crippen molar-refractivity contribution in [2.24, 2.45) is 0 Å². The number of ether oxygens (including phenoxy) is 2. The molecule has 1 aromatic carbocycles. The molecule has 0 saturated heterocycles. The van der Waals surface area contributed by atoms with Gasteiger partial charge < -0.3 is 20.1 Å². The third kappa shape index (κ3) is 5.22. The van der Waals surface area contributed by atoms with Crippen molar-refractivity contribution >= 4 is 22.4 Å². The number of benzene rings is 1. The van der Waals surface area contributed by atoms with Crippen molar-refractivity contribution in [3.8, 4) is 11.5 Å².